The van der Waals surface area contributed by atoms with E-state index >= 15 is 0 Å². The van der Waals surface area contributed by atoms with Crippen molar-refractivity contribution in [1.82, 2.24) is 20.1 Å². The van der Waals surface area contributed by atoms with Gasteiger partial charge in [0.25, 0.3) is 11.6 Å². The Labute approximate surface area is 176 Å². The molecule has 0 saturated carbocycles. The molecule has 2 heterocycles. The van der Waals surface area contributed by atoms with Crippen LogP contribution in [0, 0.1) is 15.9 Å². The molecule has 0 spiro atoms. The number of halogens is 1. The van der Waals surface area contributed by atoms with Gasteiger partial charge in [-0.1, -0.05) is 0 Å². The van der Waals surface area contributed by atoms with Crippen molar-refractivity contribution in [2.45, 2.75) is 12.8 Å². The van der Waals surface area contributed by atoms with E-state index in [1.54, 1.807) is 36.3 Å². The van der Waals surface area contributed by atoms with Crippen LogP contribution in [0.5, 0.6) is 0 Å². The van der Waals surface area contributed by atoms with Gasteiger partial charge in [0.1, 0.15) is 5.82 Å². The first-order valence-corrected chi connectivity index (χ1v) is 9.73. The van der Waals surface area contributed by atoms with Gasteiger partial charge in [-0.15, -0.1) is 0 Å². The zero-order valence-corrected chi connectivity index (χ0v) is 16.8. The number of aromatic amines is 2. The Morgan fingerprint density at radius 3 is 2.71 bits per heavy atom. The Balaban J connectivity index is 1.38. The number of H-pyrrole nitrogens is 2. The van der Waals surface area contributed by atoms with Crippen molar-refractivity contribution in [2.75, 3.05) is 13.6 Å². The van der Waals surface area contributed by atoms with E-state index in [0.29, 0.717) is 35.9 Å². The lowest BCUT2D eigenvalue weighted by Gasteiger charge is -2.16. The maximum atomic E-state index is 13.1. The molecule has 2 aromatic heterocycles. The lowest BCUT2D eigenvalue weighted by Crippen LogP contribution is -2.27. The molecule has 0 unspecified atom stereocenters. The number of hydrogen-bond donors (Lipinski definition) is 2. The highest BCUT2D eigenvalue weighted by Crippen LogP contribution is 2.25. The van der Waals surface area contributed by atoms with Crippen molar-refractivity contribution < 1.29 is 14.1 Å². The summed E-state index contributed by atoms with van der Waals surface area (Å²) in [5.41, 5.74) is 3.50. The number of aromatic nitrogens is 3. The molecule has 2 aromatic carbocycles. The monoisotopic (exact) mass is 421 g/mol. The molecule has 0 aliphatic carbocycles. The summed E-state index contributed by atoms with van der Waals surface area (Å²) in [6.45, 7) is 0.505. The van der Waals surface area contributed by atoms with Gasteiger partial charge in [0.05, 0.1) is 16.2 Å². The topological polar surface area (TPSA) is 108 Å². The van der Waals surface area contributed by atoms with Crippen LogP contribution in [0.4, 0.5) is 10.1 Å². The Hall–Kier alpha value is -4.01. The molecule has 0 saturated heterocycles. The van der Waals surface area contributed by atoms with Crippen molar-refractivity contribution in [3.05, 3.63) is 81.9 Å². The second-order valence-electron chi connectivity index (χ2n) is 7.30. The van der Waals surface area contributed by atoms with Crippen LogP contribution in [0.25, 0.3) is 22.2 Å². The first kappa shape index (κ1) is 20.3. The van der Waals surface area contributed by atoms with E-state index in [9.17, 15) is 19.3 Å². The summed E-state index contributed by atoms with van der Waals surface area (Å²) in [4.78, 5) is 28.0. The van der Waals surface area contributed by atoms with E-state index in [4.69, 9.17) is 0 Å². The van der Waals surface area contributed by atoms with Crippen molar-refractivity contribution >= 4 is 22.5 Å². The van der Waals surface area contributed by atoms with Crippen LogP contribution in [0.1, 0.15) is 22.5 Å². The van der Waals surface area contributed by atoms with Crippen molar-refractivity contribution in [3.63, 3.8) is 0 Å². The van der Waals surface area contributed by atoms with Gasteiger partial charge in [-0.05, 0) is 49.2 Å². The highest BCUT2D eigenvalue weighted by atomic mass is 19.1. The summed E-state index contributed by atoms with van der Waals surface area (Å²) in [6.07, 6.45) is 2.97. The van der Waals surface area contributed by atoms with E-state index in [2.05, 4.69) is 15.2 Å². The number of fused-ring (bicyclic) bond motifs is 1. The van der Waals surface area contributed by atoms with Crippen LogP contribution < -0.4 is 0 Å². The number of non-ortho nitro benzene ring substituents is 1. The molecule has 158 valence electrons. The van der Waals surface area contributed by atoms with Gasteiger partial charge in [0, 0.05) is 54.1 Å². The third-order valence-corrected chi connectivity index (χ3v) is 5.16. The number of nitrogens with one attached hydrogen (secondary N) is 2. The minimum absolute atomic E-state index is 0.0555. The van der Waals surface area contributed by atoms with E-state index in [1.807, 2.05) is 6.07 Å². The van der Waals surface area contributed by atoms with Crippen LogP contribution >= 0.6 is 0 Å². The summed E-state index contributed by atoms with van der Waals surface area (Å²) in [6, 6.07) is 12.5. The molecule has 4 rings (SSSR count). The SMILES string of the molecule is CN(CCCc1cc(-c2ccc(F)cc2)n[nH]1)C(=O)c1c[nH]c2ccc([N+](=O)[O-])cc12. The lowest BCUT2D eigenvalue weighted by atomic mass is 10.1. The molecular weight excluding hydrogens is 401 g/mol. The molecule has 0 atom stereocenters. The Bertz CT molecular complexity index is 1250. The second-order valence-corrected chi connectivity index (χ2v) is 7.30. The molecular formula is C22H20FN5O3. The van der Waals surface area contributed by atoms with E-state index in [0.717, 1.165) is 17.0 Å². The van der Waals surface area contributed by atoms with E-state index < -0.39 is 4.92 Å². The largest absolute Gasteiger partial charge is 0.360 e. The number of nitro groups is 1. The zero-order chi connectivity index (χ0) is 22.0. The molecule has 2 N–H and O–H groups in total. The Morgan fingerprint density at radius 2 is 1.97 bits per heavy atom. The van der Waals surface area contributed by atoms with E-state index in [-0.39, 0.29) is 17.4 Å². The van der Waals surface area contributed by atoms with Gasteiger partial charge in [0.2, 0.25) is 0 Å². The molecule has 0 fully saturated rings. The minimum atomic E-state index is -0.477. The maximum absolute atomic E-state index is 13.1. The van der Waals surface area contributed by atoms with Gasteiger partial charge in [-0.3, -0.25) is 20.0 Å². The van der Waals surface area contributed by atoms with Gasteiger partial charge in [-0.2, -0.15) is 5.10 Å². The van der Waals surface area contributed by atoms with E-state index in [1.165, 1.54) is 24.3 Å². The molecule has 9 heteroatoms. The van der Waals surface area contributed by atoms with Gasteiger partial charge in [-0.25, -0.2) is 4.39 Å². The number of rotatable bonds is 7. The average molecular weight is 421 g/mol. The van der Waals surface area contributed by atoms with Gasteiger partial charge < -0.3 is 9.88 Å². The standard InChI is InChI=1S/C22H20FN5O3/c1-27(22(29)19-13-24-20-9-8-17(28(30)31)12-18(19)20)10-2-3-16-11-21(26-25-16)14-4-6-15(23)7-5-14/h4-9,11-13,24H,2-3,10H2,1H3,(H,25,26). The predicted molar refractivity (Wildman–Crippen MR) is 114 cm³/mol. The summed E-state index contributed by atoms with van der Waals surface area (Å²) in [5.74, 6) is -0.500. The fourth-order valence-corrected chi connectivity index (χ4v) is 3.47. The summed E-state index contributed by atoms with van der Waals surface area (Å²) in [7, 11) is 1.70. The number of carbonyl (C=O) groups is 1. The lowest BCUT2D eigenvalue weighted by molar-refractivity contribution is -0.384. The normalized spacial score (nSPS) is 11.0. The molecule has 31 heavy (non-hydrogen) atoms. The van der Waals surface area contributed by atoms with Crippen LogP contribution in [-0.4, -0.2) is 44.5 Å². The van der Waals surface area contributed by atoms with Crippen LogP contribution in [0.2, 0.25) is 0 Å². The smallest absolute Gasteiger partial charge is 0.270 e. The van der Waals surface area contributed by atoms with Crippen molar-refractivity contribution in [1.29, 1.82) is 0 Å². The highest BCUT2D eigenvalue weighted by Gasteiger charge is 2.18. The number of nitro benzene ring substituents is 1. The molecule has 0 aliphatic rings. The number of nitrogens with zero attached hydrogens (tertiary/aromatic N) is 3. The number of benzene rings is 2. The molecule has 1 amide bonds. The molecule has 4 aromatic rings. The van der Waals surface area contributed by atoms with Gasteiger partial charge >= 0.3 is 0 Å². The molecule has 0 aliphatic heterocycles. The number of hydrogen-bond acceptors (Lipinski definition) is 4. The summed E-state index contributed by atoms with van der Waals surface area (Å²) < 4.78 is 13.1. The second kappa shape index (κ2) is 8.39. The molecule has 8 nitrogen and oxygen atoms in total. The Morgan fingerprint density at radius 1 is 1.19 bits per heavy atom. The maximum Gasteiger partial charge on any atom is 0.270 e. The van der Waals surface area contributed by atoms with Gasteiger partial charge in [0.15, 0.2) is 0 Å². The Kier molecular flexibility index (Phi) is 5.48. The third-order valence-electron chi connectivity index (χ3n) is 5.16. The zero-order valence-electron chi connectivity index (χ0n) is 16.8. The fraction of sp³-hybridized carbons (Fsp3) is 0.182. The van der Waals surface area contributed by atoms with Crippen molar-refractivity contribution in [2.24, 2.45) is 0 Å². The number of amides is 1. The van der Waals surface area contributed by atoms with Crippen LogP contribution in [0.3, 0.4) is 0 Å². The summed E-state index contributed by atoms with van der Waals surface area (Å²) >= 11 is 0. The first-order valence-electron chi connectivity index (χ1n) is 9.73. The average Bonchev–Trinajstić information content (AvgIpc) is 3.40. The number of aryl methyl sites for hydroxylation is 1. The minimum Gasteiger partial charge on any atom is -0.360 e. The van der Waals surface area contributed by atoms with Crippen molar-refractivity contribution in [3.8, 4) is 11.3 Å². The quantitative estimate of drug-likeness (QED) is 0.342. The predicted octanol–water partition coefficient (Wildman–Crippen LogP) is 4.31. The summed E-state index contributed by atoms with van der Waals surface area (Å²) in [5, 5.41) is 18.8. The van der Waals surface area contributed by atoms with Crippen LogP contribution in [-0.2, 0) is 6.42 Å². The molecule has 0 bridgehead atoms. The van der Waals surface area contributed by atoms with Crippen LogP contribution in [0.15, 0.2) is 54.7 Å². The fourth-order valence-electron chi connectivity index (χ4n) is 3.47. The first-order chi connectivity index (χ1) is 14.9. The highest BCUT2D eigenvalue weighted by molar-refractivity contribution is 6.07. The molecule has 0 radical (unpaired) electrons. The third kappa shape index (κ3) is 4.30. The number of carbonyl (C=O) groups excluding carboxylic acids is 1.